The lowest BCUT2D eigenvalue weighted by atomic mass is 10.2. The zero-order valence-corrected chi connectivity index (χ0v) is 18.6. The summed E-state index contributed by atoms with van der Waals surface area (Å²) in [5.74, 6) is -0.813. The number of rotatable bonds is 7. The van der Waals surface area contributed by atoms with E-state index in [1.54, 1.807) is 29.8 Å². The van der Waals surface area contributed by atoms with Gasteiger partial charge in [0.25, 0.3) is 5.91 Å². The van der Waals surface area contributed by atoms with Crippen molar-refractivity contribution in [2.24, 2.45) is 0 Å². The molecule has 0 saturated heterocycles. The molecule has 0 fully saturated rings. The third-order valence-electron chi connectivity index (χ3n) is 5.13. The number of aromatic nitrogens is 2. The first-order valence-electron chi connectivity index (χ1n) is 10.1. The van der Waals surface area contributed by atoms with E-state index in [9.17, 15) is 9.59 Å². The highest BCUT2D eigenvalue weighted by Crippen LogP contribution is 2.42. The predicted molar refractivity (Wildman–Crippen MR) is 118 cm³/mol. The molecule has 1 aliphatic rings. The van der Waals surface area contributed by atoms with Gasteiger partial charge in [0.05, 0.1) is 5.56 Å². The van der Waals surface area contributed by atoms with E-state index in [1.807, 2.05) is 26.0 Å². The van der Waals surface area contributed by atoms with Gasteiger partial charge in [-0.05, 0) is 50.3 Å². The van der Waals surface area contributed by atoms with Crippen molar-refractivity contribution in [3.05, 3.63) is 46.6 Å². The van der Waals surface area contributed by atoms with Crippen LogP contribution in [0.2, 0.25) is 0 Å². The zero-order chi connectivity index (χ0) is 21.1. The highest BCUT2D eigenvalue weighted by atomic mass is 32.2. The molecular formula is C22H23N3O3S2. The van der Waals surface area contributed by atoms with Gasteiger partial charge in [0.15, 0.2) is 6.61 Å². The molecule has 6 nitrogen and oxygen atoms in total. The van der Waals surface area contributed by atoms with Gasteiger partial charge in [0.1, 0.15) is 16.2 Å². The largest absolute Gasteiger partial charge is 0.452 e. The number of nitrogens with zero attached hydrogens (tertiary/aromatic N) is 2. The Bertz CT molecular complexity index is 1100. The summed E-state index contributed by atoms with van der Waals surface area (Å²) >= 11 is 3.18. The molecular weight excluding hydrogens is 418 g/mol. The molecule has 1 aliphatic carbocycles. The lowest BCUT2D eigenvalue weighted by Crippen LogP contribution is -2.35. The third kappa shape index (κ3) is 4.34. The van der Waals surface area contributed by atoms with E-state index < -0.39 is 5.97 Å². The van der Waals surface area contributed by atoms with Crippen LogP contribution in [-0.2, 0) is 22.4 Å². The minimum absolute atomic E-state index is 0.0477. The summed E-state index contributed by atoms with van der Waals surface area (Å²) in [4.78, 5) is 36.7. The maximum Gasteiger partial charge on any atom is 0.339 e. The summed E-state index contributed by atoms with van der Waals surface area (Å²) in [7, 11) is 0. The number of ether oxygens (including phenoxy) is 1. The second kappa shape index (κ2) is 9.14. The molecule has 2 heterocycles. The number of nitrogens with one attached hydrogen (secondary N) is 1. The third-order valence-corrected chi connectivity index (χ3v) is 7.41. The molecule has 0 bridgehead atoms. The molecule has 156 valence electrons. The lowest BCUT2D eigenvalue weighted by Gasteiger charge is -2.12. The van der Waals surface area contributed by atoms with Crippen LogP contribution < -0.4 is 5.32 Å². The molecule has 1 N–H and O–H groups in total. The number of hydrogen-bond acceptors (Lipinski definition) is 7. The average Bonchev–Trinajstić information content (AvgIpc) is 3.34. The highest BCUT2D eigenvalue weighted by molar-refractivity contribution is 7.99. The van der Waals surface area contributed by atoms with Crippen molar-refractivity contribution in [1.82, 2.24) is 15.3 Å². The molecule has 1 aromatic carbocycles. The van der Waals surface area contributed by atoms with E-state index >= 15 is 0 Å². The molecule has 1 amide bonds. The molecule has 8 heteroatoms. The van der Waals surface area contributed by atoms with Crippen molar-refractivity contribution in [2.45, 2.75) is 55.5 Å². The average molecular weight is 442 g/mol. The van der Waals surface area contributed by atoms with Crippen LogP contribution in [0, 0.1) is 0 Å². The highest BCUT2D eigenvalue weighted by Gasteiger charge is 2.23. The van der Waals surface area contributed by atoms with E-state index in [0.29, 0.717) is 5.56 Å². The van der Waals surface area contributed by atoms with Crippen LogP contribution >= 0.6 is 23.1 Å². The standard InChI is InChI=1S/C22H23N3O3S2/c1-3-13(2)25-18(26)11-28-22(27)15-7-4-5-9-17(15)30-21-19-14-8-6-10-16(14)29-20(19)23-12-24-21/h4-5,7,9,12-13H,3,6,8,10-11H2,1-2H3,(H,25,26). The van der Waals surface area contributed by atoms with Gasteiger partial charge in [0, 0.05) is 21.2 Å². The van der Waals surface area contributed by atoms with Crippen LogP contribution in [0.4, 0.5) is 0 Å². The second-order valence-electron chi connectivity index (χ2n) is 7.27. The monoisotopic (exact) mass is 441 g/mol. The fraction of sp³-hybridized carbons (Fsp3) is 0.364. The lowest BCUT2D eigenvalue weighted by molar-refractivity contribution is -0.124. The van der Waals surface area contributed by atoms with E-state index in [-0.39, 0.29) is 18.6 Å². The Morgan fingerprint density at radius 2 is 2.10 bits per heavy atom. The Balaban J connectivity index is 1.54. The number of amides is 1. The number of aryl methyl sites for hydroxylation is 2. The molecule has 0 spiro atoms. The Morgan fingerprint density at radius 3 is 2.93 bits per heavy atom. The van der Waals surface area contributed by atoms with E-state index in [4.69, 9.17) is 4.74 Å². The number of thiophene rings is 1. The first-order valence-corrected chi connectivity index (χ1v) is 11.7. The number of carbonyl (C=O) groups excluding carboxylic acids is 2. The van der Waals surface area contributed by atoms with Crippen molar-refractivity contribution in [2.75, 3.05) is 6.61 Å². The van der Waals surface area contributed by atoms with Gasteiger partial charge in [-0.3, -0.25) is 4.79 Å². The molecule has 0 saturated carbocycles. The van der Waals surface area contributed by atoms with Crippen LogP contribution in [-0.4, -0.2) is 34.5 Å². The molecule has 0 radical (unpaired) electrons. The number of hydrogen-bond donors (Lipinski definition) is 1. The molecule has 2 aromatic heterocycles. The molecule has 30 heavy (non-hydrogen) atoms. The number of carbonyl (C=O) groups is 2. The molecule has 3 aromatic rings. The maximum absolute atomic E-state index is 12.7. The maximum atomic E-state index is 12.7. The van der Waals surface area contributed by atoms with E-state index in [2.05, 4.69) is 15.3 Å². The summed E-state index contributed by atoms with van der Waals surface area (Å²) in [6.45, 7) is 3.60. The number of benzene rings is 1. The fourth-order valence-electron chi connectivity index (χ4n) is 3.43. The van der Waals surface area contributed by atoms with Crippen molar-refractivity contribution < 1.29 is 14.3 Å². The molecule has 1 atom stereocenters. The topological polar surface area (TPSA) is 81.2 Å². The Morgan fingerprint density at radius 1 is 1.27 bits per heavy atom. The summed E-state index contributed by atoms with van der Waals surface area (Å²) in [6.07, 6.45) is 5.71. The summed E-state index contributed by atoms with van der Waals surface area (Å²) < 4.78 is 5.27. The smallest absolute Gasteiger partial charge is 0.339 e. The normalized spacial score (nSPS) is 13.8. The van der Waals surface area contributed by atoms with Gasteiger partial charge in [-0.2, -0.15) is 0 Å². The molecule has 1 unspecified atom stereocenters. The molecule has 4 rings (SSSR count). The van der Waals surface area contributed by atoms with Crippen LogP contribution in [0.15, 0.2) is 40.5 Å². The van der Waals surface area contributed by atoms with Crippen LogP contribution in [0.1, 0.15) is 47.5 Å². The molecule has 0 aliphatic heterocycles. The number of esters is 1. The van der Waals surface area contributed by atoms with E-state index in [0.717, 1.165) is 45.8 Å². The van der Waals surface area contributed by atoms with Gasteiger partial charge in [-0.1, -0.05) is 30.8 Å². The first kappa shape index (κ1) is 20.8. The van der Waals surface area contributed by atoms with Crippen molar-refractivity contribution in [1.29, 1.82) is 0 Å². The van der Waals surface area contributed by atoms with Crippen molar-refractivity contribution in [3.63, 3.8) is 0 Å². The first-order chi connectivity index (χ1) is 14.6. The quantitative estimate of drug-likeness (QED) is 0.432. The fourth-order valence-corrected chi connectivity index (χ4v) is 5.76. The van der Waals surface area contributed by atoms with Crippen molar-refractivity contribution >= 4 is 45.2 Å². The SMILES string of the molecule is CCC(C)NC(=O)COC(=O)c1ccccc1Sc1ncnc2sc3c(c12)CCC3. The second-order valence-corrected chi connectivity index (χ2v) is 9.38. The zero-order valence-electron chi connectivity index (χ0n) is 16.9. The van der Waals surface area contributed by atoms with E-state index in [1.165, 1.54) is 22.2 Å². The van der Waals surface area contributed by atoms with Gasteiger partial charge in [-0.25, -0.2) is 14.8 Å². The Hall–Kier alpha value is -2.45. The van der Waals surface area contributed by atoms with Crippen LogP contribution in [0.25, 0.3) is 10.2 Å². The van der Waals surface area contributed by atoms with Gasteiger partial charge in [0.2, 0.25) is 0 Å². The van der Waals surface area contributed by atoms with Crippen molar-refractivity contribution in [3.8, 4) is 0 Å². The Kier molecular flexibility index (Phi) is 6.34. The van der Waals surface area contributed by atoms with Crippen LogP contribution in [0.5, 0.6) is 0 Å². The predicted octanol–water partition coefficient (Wildman–Crippen LogP) is 4.40. The Labute approximate surface area is 183 Å². The summed E-state index contributed by atoms with van der Waals surface area (Å²) in [5.41, 5.74) is 1.78. The van der Waals surface area contributed by atoms with Gasteiger partial charge < -0.3 is 10.1 Å². The van der Waals surface area contributed by atoms with Gasteiger partial charge in [-0.15, -0.1) is 11.3 Å². The minimum atomic E-state index is -0.516. The summed E-state index contributed by atoms with van der Waals surface area (Å²) in [6, 6.07) is 7.31. The van der Waals surface area contributed by atoms with Gasteiger partial charge >= 0.3 is 5.97 Å². The number of fused-ring (bicyclic) bond motifs is 3. The summed E-state index contributed by atoms with van der Waals surface area (Å²) in [5, 5.41) is 4.76. The minimum Gasteiger partial charge on any atom is -0.452 e. The van der Waals surface area contributed by atoms with Crippen LogP contribution in [0.3, 0.4) is 0 Å².